The van der Waals surface area contributed by atoms with E-state index in [4.69, 9.17) is 9.84 Å². The Kier molecular flexibility index (Phi) is 6.75. The SMILES string of the molecule is CC(F)(F)CCCC(NC(=O)OCc1ccccc1)C(=O)O. The Labute approximate surface area is 127 Å². The van der Waals surface area contributed by atoms with Gasteiger partial charge in [0.1, 0.15) is 12.6 Å². The topological polar surface area (TPSA) is 75.6 Å². The Morgan fingerprint density at radius 3 is 2.50 bits per heavy atom. The molecule has 1 unspecified atom stereocenters. The lowest BCUT2D eigenvalue weighted by atomic mass is 10.1. The number of carboxylic acid groups (broad SMARTS) is 1. The van der Waals surface area contributed by atoms with E-state index in [1.165, 1.54) is 0 Å². The lowest BCUT2D eigenvalue weighted by molar-refractivity contribution is -0.139. The van der Waals surface area contributed by atoms with Crippen LogP contribution in [0.2, 0.25) is 0 Å². The molecule has 0 aliphatic rings. The highest BCUT2D eigenvalue weighted by Crippen LogP contribution is 2.20. The van der Waals surface area contributed by atoms with Gasteiger partial charge in [0, 0.05) is 6.42 Å². The molecule has 1 aromatic rings. The maximum atomic E-state index is 12.7. The van der Waals surface area contributed by atoms with Gasteiger partial charge in [0.25, 0.3) is 0 Å². The summed E-state index contributed by atoms with van der Waals surface area (Å²) in [4.78, 5) is 22.6. The van der Waals surface area contributed by atoms with E-state index in [0.717, 1.165) is 12.5 Å². The molecule has 0 aliphatic carbocycles. The maximum absolute atomic E-state index is 12.7. The predicted molar refractivity (Wildman–Crippen MR) is 75.7 cm³/mol. The Bertz CT molecular complexity index is 488. The normalized spacial score (nSPS) is 12.5. The largest absolute Gasteiger partial charge is 0.480 e. The van der Waals surface area contributed by atoms with Crippen LogP contribution in [0.4, 0.5) is 13.6 Å². The maximum Gasteiger partial charge on any atom is 0.408 e. The number of hydrogen-bond acceptors (Lipinski definition) is 3. The number of hydrogen-bond donors (Lipinski definition) is 2. The summed E-state index contributed by atoms with van der Waals surface area (Å²) in [6.07, 6.45) is -1.42. The summed E-state index contributed by atoms with van der Waals surface area (Å²) >= 11 is 0. The second-order valence-corrected chi connectivity index (χ2v) is 5.06. The van der Waals surface area contributed by atoms with Crippen LogP contribution in [-0.2, 0) is 16.1 Å². The van der Waals surface area contributed by atoms with Crippen molar-refractivity contribution in [2.75, 3.05) is 0 Å². The predicted octanol–water partition coefficient (Wildman–Crippen LogP) is 3.19. The quantitative estimate of drug-likeness (QED) is 0.772. The lowest BCUT2D eigenvalue weighted by Crippen LogP contribution is -2.41. The number of carbonyl (C=O) groups is 2. The molecule has 0 saturated carbocycles. The van der Waals surface area contributed by atoms with E-state index in [-0.39, 0.29) is 19.4 Å². The summed E-state index contributed by atoms with van der Waals surface area (Å²) in [5, 5.41) is 11.1. The van der Waals surface area contributed by atoms with Gasteiger partial charge in [-0.15, -0.1) is 0 Å². The third kappa shape index (κ3) is 7.56. The minimum Gasteiger partial charge on any atom is -0.480 e. The zero-order chi connectivity index (χ0) is 16.6. The van der Waals surface area contributed by atoms with E-state index in [0.29, 0.717) is 0 Å². The highest BCUT2D eigenvalue weighted by Gasteiger charge is 2.24. The fourth-order valence-corrected chi connectivity index (χ4v) is 1.78. The van der Waals surface area contributed by atoms with Gasteiger partial charge in [-0.25, -0.2) is 18.4 Å². The van der Waals surface area contributed by atoms with Crippen molar-refractivity contribution in [2.45, 2.75) is 44.8 Å². The molecule has 7 heteroatoms. The van der Waals surface area contributed by atoms with Crippen molar-refractivity contribution >= 4 is 12.1 Å². The average Bonchev–Trinajstić information content (AvgIpc) is 2.43. The van der Waals surface area contributed by atoms with Crippen molar-refractivity contribution in [3.8, 4) is 0 Å². The number of nitrogens with one attached hydrogen (secondary N) is 1. The third-order valence-corrected chi connectivity index (χ3v) is 2.91. The van der Waals surface area contributed by atoms with E-state index in [2.05, 4.69) is 5.32 Å². The van der Waals surface area contributed by atoms with Crippen LogP contribution in [0.25, 0.3) is 0 Å². The van der Waals surface area contributed by atoms with Gasteiger partial charge in [-0.3, -0.25) is 0 Å². The van der Waals surface area contributed by atoms with Gasteiger partial charge < -0.3 is 15.2 Å². The minimum absolute atomic E-state index is 0.00600. The van der Waals surface area contributed by atoms with E-state index in [9.17, 15) is 18.4 Å². The summed E-state index contributed by atoms with van der Waals surface area (Å²) in [7, 11) is 0. The van der Waals surface area contributed by atoms with Crippen LogP contribution in [0.15, 0.2) is 30.3 Å². The molecule has 1 aromatic carbocycles. The Balaban J connectivity index is 2.39. The number of aliphatic carboxylic acids is 1. The van der Waals surface area contributed by atoms with Crippen LogP contribution in [0.5, 0.6) is 0 Å². The number of alkyl halides is 2. The monoisotopic (exact) mass is 315 g/mol. The van der Waals surface area contributed by atoms with Crippen LogP contribution >= 0.6 is 0 Å². The van der Waals surface area contributed by atoms with Crippen LogP contribution in [0.1, 0.15) is 31.7 Å². The molecule has 22 heavy (non-hydrogen) atoms. The third-order valence-electron chi connectivity index (χ3n) is 2.91. The smallest absolute Gasteiger partial charge is 0.408 e. The first-order valence-electron chi connectivity index (χ1n) is 6.86. The standard InChI is InChI=1S/C15H19F2NO4/c1-15(16,17)9-5-8-12(13(19)20)18-14(21)22-10-11-6-3-2-4-7-11/h2-4,6-7,12H,5,8-10H2,1H3,(H,18,21)(H,19,20). The average molecular weight is 315 g/mol. The summed E-state index contributed by atoms with van der Waals surface area (Å²) in [6, 6.07) is 7.64. The molecular formula is C15H19F2NO4. The van der Waals surface area contributed by atoms with Gasteiger partial charge in [0.2, 0.25) is 5.92 Å². The molecule has 5 nitrogen and oxygen atoms in total. The van der Waals surface area contributed by atoms with Crippen LogP contribution in [0, 0.1) is 0 Å². The van der Waals surface area contributed by atoms with Crippen molar-refractivity contribution in [1.29, 1.82) is 0 Å². The number of carbonyl (C=O) groups excluding carboxylic acids is 1. The molecule has 1 rings (SSSR count). The molecule has 0 aliphatic heterocycles. The summed E-state index contributed by atoms with van der Waals surface area (Å²) in [5.41, 5.74) is 0.759. The Hall–Kier alpha value is -2.18. The number of ether oxygens (including phenoxy) is 1. The molecule has 0 radical (unpaired) electrons. The van der Waals surface area contributed by atoms with E-state index < -0.39 is 30.4 Å². The number of rotatable bonds is 8. The van der Waals surface area contributed by atoms with Crippen LogP contribution < -0.4 is 5.32 Å². The molecular weight excluding hydrogens is 296 g/mol. The number of benzene rings is 1. The van der Waals surface area contributed by atoms with Crippen molar-refractivity contribution in [3.05, 3.63) is 35.9 Å². The molecule has 0 saturated heterocycles. The fraction of sp³-hybridized carbons (Fsp3) is 0.467. The number of halogens is 2. The lowest BCUT2D eigenvalue weighted by Gasteiger charge is -2.16. The summed E-state index contributed by atoms with van der Waals surface area (Å²) < 4.78 is 30.3. The van der Waals surface area contributed by atoms with Crippen LogP contribution in [0.3, 0.4) is 0 Å². The highest BCUT2D eigenvalue weighted by atomic mass is 19.3. The Morgan fingerprint density at radius 1 is 1.32 bits per heavy atom. The molecule has 1 amide bonds. The van der Waals surface area contributed by atoms with E-state index in [1.54, 1.807) is 24.3 Å². The summed E-state index contributed by atoms with van der Waals surface area (Å²) in [5.74, 6) is -4.13. The first-order valence-corrected chi connectivity index (χ1v) is 6.86. The second-order valence-electron chi connectivity index (χ2n) is 5.06. The molecule has 0 spiro atoms. The van der Waals surface area contributed by atoms with Crippen molar-refractivity contribution in [3.63, 3.8) is 0 Å². The number of carboxylic acids is 1. The molecule has 2 N–H and O–H groups in total. The zero-order valence-corrected chi connectivity index (χ0v) is 12.2. The minimum atomic E-state index is -2.85. The molecule has 0 fully saturated rings. The Morgan fingerprint density at radius 2 is 1.95 bits per heavy atom. The highest BCUT2D eigenvalue weighted by molar-refractivity contribution is 5.79. The second kappa shape index (κ2) is 8.31. The first-order chi connectivity index (χ1) is 10.3. The van der Waals surface area contributed by atoms with Gasteiger partial charge in [0.05, 0.1) is 0 Å². The fourth-order valence-electron chi connectivity index (χ4n) is 1.78. The molecule has 0 heterocycles. The van der Waals surface area contributed by atoms with Crippen LogP contribution in [-0.4, -0.2) is 29.1 Å². The van der Waals surface area contributed by atoms with Gasteiger partial charge in [0.15, 0.2) is 0 Å². The van der Waals surface area contributed by atoms with Gasteiger partial charge >= 0.3 is 12.1 Å². The summed E-state index contributed by atoms with van der Waals surface area (Å²) in [6.45, 7) is 0.774. The molecule has 122 valence electrons. The molecule has 1 atom stereocenters. The molecule has 0 bridgehead atoms. The van der Waals surface area contributed by atoms with Gasteiger partial charge in [-0.1, -0.05) is 30.3 Å². The number of amides is 1. The van der Waals surface area contributed by atoms with Gasteiger partial charge in [-0.2, -0.15) is 0 Å². The molecule has 0 aromatic heterocycles. The number of alkyl carbamates (subject to hydrolysis) is 1. The zero-order valence-electron chi connectivity index (χ0n) is 12.2. The van der Waals surface area contributed by atoms with Crippen molar-refractivity contribution < 1.29 is 28.2 Å². The first kappa shape index (κ1) is 17.9. The van der Waals surface area contributed by atoms with E-state index in [1.807, 2.05) is 6.07 Å². The van der Waals surface area contributed by atoms with E-state index >= 15 is 0 Å². The van der Waals surface area contributed by atoms with Gasteiger partial charge in [-0.05, 0) is 25.3 Å². The van der Waals surface area contributed by atoms with Crippen molar-refractivity contribution in [1.82, 2.24) is 5.32 Å². The van der Waals surface area contributed by atoms with Crippen molar-refractivity contribution in [2.24, 2.45) is 0 Å².